The van der Waals surface area contributed by atoms with Crippen molar-refractivity contribution in [3.63, 3.8) is 0 Å². The summed E-state index contributed by atoms with van der Waals surface area (Å²) in [5, 5.41) is 12.0. The minimum absolute atomic E-state index is 0.347. The van der Waals surface area contributed by atoms with Crippen molar-refractivity contribution in [1.82, 2.24) is 15.0 Å². The maximum absolute atomic E-state index is 12.4. The number of carbonyl (C=O) groups excluding carboxylic acids is 1. The first-order valence-corrected chi connectivity index (χ1v) is 11.4. The van der Waals surface area contributed by atoms with Crippen LogP contribution in [0.15, 0.2) is 91.5 Å². The minimum atomic E-state index is -0.634. The highest BCUT2D eigenvalue weighted by atomic mass is 16.6. The summed E-state index contributed by atoms with van der Waals surface area (Å²) in [5.74, 6) is 0.926. The number of nitrogens with zero attached hydrogens (tertiary/aromatic N) is 5. The molecule has 36 heavy (non-hydrogen) atoms. The second kappa shape index (κ2) is 10.7. The van der Waals surface area contributed by atoms with Gasteiger partial charge in [0.25, 0.3) is 0 Å². The first-order valence-electron chi connectivity index (χ1n) is 11.4. The van der Waals surface area contributed by atoms with Gasteiger partial charge in [0.05, 0.1) is 29.6 Å². The number of benzene rings is 1. The molecule has 0 saturated carbocycles. The minimum Gasteiger partial charge on any atom is -0.444 e. The molecule has 0 aliphatic rings. The van der Waals surface area contributed by atoms with Crippen molar-refractivity contribution in [2.75, 3.05) is 10.2 Å². The van der Waals surface area contributed by atoms with Gasteiger partial charge in [-0.1, -0.05) is 24.3 Å². The molecular formula is C28H26N6O2. The average molecular weight is 479 g/mol. The third-order valence-electron chi connectivity index (χ3n) is 5.15. The number of carbonyl (C=O) groups is 1. The Bertz CT molecular complexity index is 1350. The summed E-state index contributed by atoms with van der Waals surface area (Å²) in [4.78, 5) is 27.8. The topological polar surface area (TPSA) is 104 Å². The van der Waals surface area contributed by atoms with Crippen LogP contribution in [-0.4, -0.2) is 26.6 Å². The number of hydrogen-bond donors (Lipinski definition) is 1. The summed E-state index contributed by atoms with van der Waals surface area (Å²) < 4.78 is 5.39. The standard InChI is InChI=1S/C28H26N6O2/c1-28(2,3)36-27(35)33-24-9-4-10-25(32-24)34(23-8-6-16-31-19-23)26(22-7-5-15-30-18-22)21-13-11-20(17-29)12-14-21/h4-16,18-19,26H,1-3H3,(H,32,33,35). The van der Waals surface area contributed by atoms with Gasteiger partial charge in [0.2, 0.25) is 0 Å². The second-order valence-corrected chi connectivity index (χ2v) is 9.01. The summed E-state index contributed by atoms with van der Waals surface area (Å²) in [5.41, 5.74) is 2.57. The van der Waals surface area contributed by atoms with Crippen LogP contribution in [-0.2, 0) is 4.74 Å². The normalized spacial score (nSPS) is 11.7. The Kier molecular flexibility index (Phi) is 7.21. The van der Waals surface area contributed by atoms with Crippen LogP contribution in [0.1, 0.15) is 43.5 Å². The van der Waals surface area contributed by atoms with Gasteiger partial charge in [-0.05, 0) is 74.4 Å². The molecule has 1 unspecified atom stereocenters. The van der Waals surface area contributed by atoms with E-state index in [9.17, 15) is 10.1 Å². The van der Waals surface area contributed by atoms with Crippen LogP contribution in [0, 0.1) is 11.3 Å². The molecule has 0 spiro atoms. The number of anilines is 3. The van der Waals surface area contributed by atoms with Crippen LogP contribution in [0.4, 0.5) is 22.1 Å². The number of ether oxygens (including phenoxy) is 1. The third-order valence-corrected chi connectivity index (χ3v) is 5.15. The lowest BCUT2D eigenvalue weighted by atomic mass is 9.96. The molecule has 0 fully saturated rings. The molecule has 0 radical (unpaired) electrons. The van der Waals surface area contributed by atoms with Crippen LogP contribution < -0.4 is 10.2 Å². The van der Waals surface area contributed by atoms with E-state index in [1.165, 1.54) is 0 Å². The van der Waals surface area contributed by atoms with E-state index in [1.54, 1.807) is 63.8 Å². The zero-order valence-corrected chi connectivity index (χ0v) is 20.3. The highest BCUT2D eigenvalue weighted by molar-refractivity contribution is 5.84. The number of nitriles is 1. The molecule has 3 heterocycles. The van der Waals surface area contributed by atoms with Gasteiger partial charge in [0.15, 0.2) is 0 Å². The molecule has 3 aromatic heterocycles. The number of amides is 1. The van der Waals surface area contributed by atoms with Crippen molar-refractivity contribution in [3.8, 4) is 6.07 Å². The largest absolute Gasteiger partial charge is 0.444 e. The smallest absolute Gasteiger partial charge is 0.413 e. The fourth-order valence-electron chi connectivity index (χ4n) is 3.71. The molecule has 1 aromatic carbocycles. The van der Waals surface area contributed by atoms with Crippen molar-refractivity contribution in [2.24, 2.45) is 0 Å². The number of hydrogen-bond acceptors (Lipinski definition) is 7. The van der Waals surface area contributed by atoms with Crippen molar-refractivity contribution in [2.45, 2.75) is 32.4 Å². The van der Waals surface area contributed by atoms with Crippen LogP contribution >= 0.6 is 0 Å². The first kappa shape index (κ1) is 24.4. The SMILES string of the molecule is CC(C)(C)OC(=O)Nc1cccc(N(c2cccnc2)C(c2ccc(C#N)cc2)c2cccnc2)n1. The van der Waals surface area contributed by atoms with Crippen LogP contribution in [0.25, 0.3) is 0 Å². The molecule has 0 saturated heterocycles. The van der Waals surface area contributed by atoms with Gasteiger partial charge in [-0.2, -0.15) is 5.26 Å². The quantitative estimate of drug-likeness (QED) is 0.361. The Hall–Kier alpha value is -4.77. The number of aromatic nitrogens is 3. The van der Waals surface area contributed by atoms with E-state index in [-0.39, 0.29) is 6.04 Å². The summed E-state index contributed by atoms with van der Waals surface area (Å²) in [6.07, 6.45) is 6.39. The summed E-state index contributed by atoms with van der Waals surface area (Å²) in [6, 6.07) is 22.3. The molecule has 4 aromatic rings. The van der Waals surface area contributed by atoms with Gasteiger partial charge in [-0.25, -0.2) is 9.78 Å². The first-order chi connectivity index (χ1) is 17.3. The average Bonchev–Trinajstić information content (AvgIpc) is 2.87. The van der Waals surface area contributed by atoms with E-state index >= 15 is 0 Å². The molecule has 1 amide bonds. The Morgan fingerprint density at radius 2 is 1.67 bits per heavy atom. The van der Waals surface area contributed by atoms with Gasteiger partial charge in [-0.3, -0.25) is 15.3 Å². The fraction of sp³-hybridized carbons (Fsp3) is 0.179. The lowest BCUT2D eigenvalue weighted by Gasteiger charge is -2.33. The molecule has 0 bridgehead atoms. The van der Waals surface area contributed by atoms with Crippen molar-refractivity contribution >= 4 is 23.4 Å². The summed E-state index contributed by atoms with van der Waals surface area (Å²) in [7, 11) is 0. The van der Waals surface area contributed by atoms with E-state index < -0.39 is 11.7 Å². The van der Waals surface area contributed by atoms with E-state index in [0.29, 0.717) is 17.2 Å². The number of pyridine rings is 3. The maximum atomic E-state index is 12.4. The Morgan fingerprint density at radius 3 is 2.28 bits per heavy atom. The van der Waals surface area contributed by atoms with Crippen molar-refractivity contribution in [1.29, 1.82) is 5.26 Å². The zero-order chi connectivity index (χ0) is 25.5. The zero-order valence-electron chi connectivity index (χ0n) is 20.3. The molecule has 8 heteroatoms. The van der Waals surface area contributed by atoms with Gasteiger partial charge in [0, 0.05) is 18.6 Å². The molecule has 8 nitrogen and oxygen atoms in total. The van der Waals surface area contributed by atoms with E-state index in [4.69, 9.17) is 9.72 Å². The Labute approximate surface area is 210 Å². The van der Waals surface area contributed by atoms with Crippen molar-refractivity contribution < 1.29 is 9.53 Å². The van der Waals surface area contributed by atoms with Crippen molar-refractivity contribution in [3.05, 3.63) is 108 Å². The maximum Gasteiger partial charge on any atom is 0.413 e. The Balaban J connectivity index is 1.82. The number of rotatable bonds is 6. The molecule has 4 rings (SSSR count). The molecule has 0 aliphatic carbocycles. The van der Waals surface area contributed by atoms with Gasteiger partial charge < -0.3 is 9.64 Å². The lowest BCUT2D eigenvalue weighted by molar-refractivity contribution is 0.0635. The molecular weight excluding hydrogens is 452 g/mol. The van der Waals surface area contributed by atoms with Gasteiger partial charge in [-0.15, -0.1) is 0 Å². The summed E-state index contributed by atoms with van der Waals surface area (Å²) in [6.45, 7) is 5.41. The van der Waals surface area contributed by atoms with Crippen LogP contribution in [0.3, 0.4) is 0 Å². The molecule has 0 aliphatic heterocycles. The van der Waals surface area contributed by atoms with Crippen LogP contribution in [0.2, 0.25) is 0 Å². The molecule has 180 valence electrons. The van der Waals surface area contributed by atoms with E-state index in [1.807, 2.05) is 53.4 Å². The van der Waals surface area contributed by atoms with Gasteiger partial charge in [0.1, 0.15) is 17.2 Å². The third kappa shape index (κ3) is 6.02. The van der Waals surface area contributed by atoms with Gasteiger partial charge >= 0.3 is 6.09 Å². The predicted octanol–water partition coefficient (Wildman–Crippen LogP) is 6.02. The number of nitrogens with one attached hydrogen (secondary N) is 1. The highest BCUT2D eigenvalue weighted by Gasteiger charge is 2.27. The molecule has 1 atom stereocenters. The molecule has 1 N–H and O–H groups in total. The van der Waals surface area contributed by atoms with E-state index in [2.05, 4.69) is 21.4 Å². The van der Waals surface area contributed by atoms with E-state index in [0.717, 1.165) is 16.8 Å². The second-order valence-electron chi connectivity index (χ2n) is 9.01. The van der Waals surface area contributed by atoms with Crippen LogP contribution in [0.5, 0.6) is 0 Å². The predicted molar refractivity (Wildman–Crippen MR) is 138 cm³/mol. The monoisotopic (exact) mass is 478 g/mol. The highest BCUT2D eigenvalue weighted by Crippen LogP contribution is 2.38. The lowest BCUT2D eigenvalue weighted by Crippen LogP contribution is -2.28. The fourth-order valence-corrected chi connectivity index (χ4v) is 3.71. The summed E-state index contributed by atoms with van der Waals surface area (Å²) >= 11 is 0. The Morgan fingerprint density at radius 1 is 0.944 bits per heavy atom.